The van der Waals surface area contributed by atoms with Crippen LogP contribution in [0.5, 0.6) is 5.75 Å². The first-order valence-electron chi connectivity index (χ1n) is 6.64. The van der Waals surface area contributed by atoms with Gasteiger partial charge in [-0.25, -0.2) is 0 Å². The number of piperidine rings is 1. The van der Waals surface area contributed by atoms with Crippen molar-refractivity contribution in [3.05, 3.63) is 29.8 Å². The van der Waals surface area contributed by atoms with Gasteiger partial charge in [0.15, 0.2) is 0 Å². The van der Waals surface area contributed by atoms with Crippen LogP contribution in [0.4, 0.5) is 0 Å². The normalized spacial score (nSPS) is 26.2. The van der Waals surface area contributed by atoms with Gasteiger partial charge >= 0.3 is 0 Å². The van der Waals surface area contributed by atoms with Crippen molar-refractivity contribution in [2.24, 2.45) is 11.0 Å². The summed E-state index contributed by atoms with van der Waals surface area (Å²) >= 11 is 0. The minimum Gasteiger partial charge on any atom is -0.494 e. The number of ether oxygens (including phenoxy) is 1. The molecule has 1 fully saturated rings. The topological polar surface area (TPSA) is 45.6 Å². The quantitative estimate of drug-likeness (QED) is 0.852. The highest BCUT2D eigenvalue weighted by molar-refractivity contribution is 5.90. The van der Waals surface area contributed by atoms with Crippen LogP contribution in [0.15, 0.2) is 29.4 Å². The van der Waals surface area contributed by atoms with Crippen molar-refractivity contribution in [3.63, 3.8) is 0 Å². The predicted molar refractivity (Wildman–Crippen MR) is 71.9 cm³/mol. The molecule has 0 saturated carbocycles. The molecule has 0 spiro atoms. The van der Waals surface area contributed by atoms with Gasteiger partial charge in [0, 0.05) is 36.7 Å². The molecule has 2 aliphatic rings. The minimum absolute atomic E-state index is 0.246. The van der Waals surface area contributed by atoms with Crippen molar-refractivity contribution >= 4 is 5.71 Å². The van der Waals surface area contributed by atoms with Gasteiger partial charge in [-0.15, -0.1) is 0 Å². The van der Waals surface area contributed by atoms with E-state index in [9.17, 15) is 0 Å². The first-order chi connectivity index (χ1) is 8.90. The van der Waals surface area contributed by atoms with Crippen molar-refractivity contribution in [1.82, 2.24) is 10.7 Å². The molecule has 2 N–H and O–H groups in total. The van der Waals surface area contributed by atoms with E-state index in [2.05, 4.69) is 28.0 Å². The van der Waals surface area contributed by atoms with Gasteiger partial charge < -0.3 is 15.5 Å². The minimum atomic E-state index is 0.246. The van der Waals surface area contributed by atoms with Crippen LogP contribution < -0.4 is 15.5 Å². The maximum atomic E-state index is 5.72. The summed E-state index contributed by atoms with van der Waals surface area (Å²) in [7, 11) is 0. The zero-order valence-corrected chi connectivity index (χ0v) is 10.6. The number of benzene rings is 1. The number of hydrogen-bond donors (Lipinski definition) is 2. The highest BCUT2D eigenvalue weighted by atomic mass is 16.5. The third-order valence-electron chi connectivity index (χ3n) is 3.65. The van der Waals surface area contributed by atoms with Gasteiger partial charge in [-0.3, -0.25) is 0 Å². The molecule has 18 heavy (non-hydrogen) atoms. The van der Waals surface area contributed by atoms with Crippen molar-refractivity contribution in [2.45, 2.75) is 19.4 Å². The Labute approximate surface area is 107 Å². The molecule has 3 rings (SSSR count). The third-order valence-corrected chi connectivity index (χ3v) is 3.65. The Morgan fingerprint density at radius 3 is 3.17 bits per heavy atom. The van der Waals surface area contributed by atoms with E-state index in [0.717, 1.165) is 25.3 Å². The molecule has 1 aromatic carbocycles. The summed E-state index contributed by atoms with van der Waals surface area (Å²) in [5, 5.41) is 7.93. The lowest BCUT2D eigenvalue weighted by atomic mass is 9.87. The van der Waals surface area contributed by atoms with E-state index in [1.807, 2.05) is 19.1 Å². The van der Waals surface area contributed by atoms with Gasteiger partial charge in [-0.2, -0.15) is 5.10 Å². The second-order valence-electron chi connectivity index (χ2n) is 4.74. The van der Waals surface area contributed by atoms with Crippen molar-refractivity contribution < 1.29 is 4.74 Å². The lowest BCUT2D eigenvalue weighted by Crippen LogP contribution is -2.38. The summed E-state index contributed by atoms with van der Waals surface area (Å²) in [6, 6.07) is 8.50. The SMILES string of the molecule is CCOc1ccccc1C1NN=C2CCNCC21. The number of para-hydroxylation sites is 1. The monoisotopic (exact) mass is 245 g/mol. The lowest BCUT2D eigenvalue weighted by molar-refractivity contribution is 0.327. The fourth-order valence-electron chi connectivity index (χ4n) is 2.78. The van der Waals surface area contributed by atoms with E-state index in [-0.39, 0.29) is 6.04 Å². The maximum Gasteiger partial charge on any atom is 0.124 e. The van der Waals surface area contributed by atoms with Crippen molar-refractivity contribution in [1.29, 1.82) is 0 Å². The van der Waals surface area contributed by atoms with Crippen LogP contribution in [0.25, 0.3) is 0 Å². The highest BCUT2D eigenvalue weighted by Gasteiger charge is 2.35. The van der Waals surface area contributed by atoms with Gasteiger partial charge in [0.25, 0.3) is 0 Å². The Morgan fingerprint density at radius 1 is 1.39 bits per heavy atom. The lowest BCUT2D eigenvalue weighted by Gasteiger charge is -2.26. The highest BCUT2D eigenvalue weighted by Crippen LogP contribution is 2.35. The summed E-state index contributed by atoms with van der Waals surface area (Å²) in [5.41, 5.74) is 5.79. The maximum absolute atomic E-state index is 5.72. The Hall–Kier alpha value is -1.55. The number of hydrazone groups is 1. The van der Waals surface area contributed by atoms with Crippen LogP contribution >= 0.6 is 0 Å². The van der Waals surface area contributed by atoms with Gasteiger partial charge in [0.2, 0.25) is 0 Å². The molecule has 2 aliphatic heterocycles. The zero-order valence-electron chi connectivity index (χ0n) is 10.6. The molecule has 0 amide bonds. The first kappa shape index (κ1) is 11.5. The summed E-state index contributed by atoms with van der Waals surface area (Å²) in [5.74, 6) is 1.43. The fourth-order valence-corrected chi connectivity index (χ4v) is 2.78. The second kappa shape index (κ2) is 4.98. The van der Waals surface area contributed by atoms with E-state index in [4.69, 9.17) is 4.74 Å². The molecule has 0 aromatic heterocycles. The Morgan fingerprint density at radius 2 is 2.28 bits per heavy atom. The van der Waals surface area contributed by atoms with Crippen molar-refractivity contribution in [3.8, 4) is 5.75 Å². The Bertz CT molecular complexity index is 458. The molecule has 2 heterocycles. The molecule has 0 bridgehead atoms. The van der Waals surface area contributed by atoms with Gasteiger partial charge in [0.1, 0.15) is 5.75 Å². The molecule has 4 nitrogen and oxygen atoms in total. The largest absolute Gasteiger partial charge is 0.494 e. The zero-order chi connectivity index (χ0) is 12.4. The molecule has 2 atom stereocenters. The first-order valence-corrected chi connectivity index (χ1v) is 6.64. The van der Waals surface area contributed by atoms with E-state index >= 15 is 0 Å². The van der Waals surface area contributed by atoms with Gasteiger partial charge in [-0.1, -0.05) is 18.2 Å². The van der Waals surface area contributed by atoms with Crippen LogP contribution in [0.1, 0.15) is 24.9 Å². The number of nitrogens with zero attached hydrogens (tertiary/aromatic N) is 1. The predicted octanol–water partition coefficient (Wildman–Crippen LogP) is 1.70. The smallest absolute Gasteiger partial charge is 0.124 e. The third kappa shape index (κ3) is 1.97. The molecule has 4 heteroatoms. The molecular weight excluding hydrogens is 226 g/mol. The molecule has 2 unspecified atom stereocenters. The van der Waals surface area contributed by atoms with E-state index < -0.39 is 0 Å². The second-order valence-corrected chi connectivity index (χ2v) is 4.74. The van der Waals surface area contributed by atoms with Gasteiger partial charge in [-0.05, 0) is 13.0 Å². The van der Waals surface area contributed by atoms with Crippen LogP contribution in [0, 0.1) is 5.92 Å². The number of hydrogen-bond acceptors (Lipinski definition) is 4. The molecule has 96 valence electrons. The molecule has 0 aliphatic carbocycles. The van der Waals surface area contributed by atoms with Gasteiger partial charge in [0.05, 0.1) is 12.6 Å². The van der Waals surface area contributed by atoms with E-state index in [0.29, 0.717) is 12.5 Å². The van der Waals surface area contributed by atoms with E-state index in [1.165, 1.54) is 11.3 Å². The molecule has 1 aromatic rings. The molecule has 0 radical (unpaired) electrons. The Balaban J connectivity index is 1.87. The summed E-state index contributed by atoms with van der Waals surface area (Å²) in [4.78, 5) is 0. The summed E-state index contributed by atoms with van der Waals surface area (Å²) < 4.78 is 5.72. The Kier molecular flexibility index (Phi) is 3.19. The number of fused-ring (bicyclic) bond motifs is 1. The van der Waals surface area contributed by atoms with Crippen LogP contribution in [0.2, 0.25) is 0 Å². The van der Waals surface area contributed by atoms with Crippen LogP contribution in [-0.4, -0.2) is 25.4 Å². The number of rotatable bonds is 3. The molecular formula is C14H19N3O. The van der Waals surface area contributed by atoms with Crippen molar-refractivity contribution in [2.75, 3.05) is 19.7 Å². The average molecular weight is 245 g/mol. The van der Waals surface area contributed by atoms with Crippen LogP contribution in [0.3, 0.4) is 0 Å². The fraction of sp³-hybridized carbons (Fsp3) is 0.500. The summed E-state index contributed by atoms with van der Waals surface area (Å²) in [6.45, 7) is 4.75. The standard InChI is InChI=1S/C14H19N3O/c1-2-18-13-6-4-3-5-10(13)14-11-9-15-8-7-12(11)16-17-14/h3-6,11,14-15,17H,2,7-9H2,1H3. The number of nitrogens with one attached hydrogen (secondary N) is 2. The van der Waals surface area contributed by atoms with E-state index in [1.54, 1.807) is 0 Å². The average Bonchev–Trinajstić information content (AvgIpc) is 2.84. The summed E-state index contributed by atoms with van der Waals surface area (Å²) in [6.07, 6.45) is 1.05. The van der Waals surface area contributed by atoms with Crippen LogP contribution in [-0.2, 0) is 0 Å². The molecule has 1 saturated heterocycles.